The van der Waals surface area contributed by atoms with Crippen molar-refractivity contribution in [3.8, 4) is 62.1 Å². The van der Waals surface area contributed by atoms with E-state index in [2.05, 4.69) is 287 Å². The summed E-state index contributed by atoms with van der Waals surface area (Å²) in [5.41, 5.74) is 18.2. The Morgan fingerprint density at radius 1 is 0.225 bits per heavy atom. The highest BCUT2D eigenvalue weighted by molar-refractivity contribution is 7.26. The second-order valence-corrected chi connectivity index (χ2v) is 24.9. The summed E-state index contributed by atoms with van der Waals surface area (Å²) in [7, 11) is 0. The minimum absolute atomic E-state index is 0.707. The Balaban J connectivity index is 0.000000137. The average Bonchev–Trinajstić information content (AvgIpc) is 1.67. The first-order valence-corrected chi connectivity index (χ1v) is 31.7. The second kappa shape index (κ2) is 20.7. The van der Waals surface area contributed by atoms with E-state index >= 15 is 0 Å². The van der Waals surface area contributed by atoms with Gasteiger partial charge in [-0.25, -0.2) is 9.97 Å². The molecule has 0 aliphatic carbocycles. The summed E-state index contributed by atoms with van der Waals surface area (Å²) in [6.45, 7) is 0. The molecule has 7 heteroatoms. The Kier molecular flexibility index (Phi) is 11.9. The van der Waals surface area contributed by atoms with Crippen molar-refractivity contribution in [3.05, 3.63) is 309 Å². The maximum absolute atomic E-state index is 5.05. The van der Waals surface area contributed by atoms with Gasteiger partial charge in [0.25, 0.3) is 0 Å². The lowest BCUT2D eigenvalue weighted by atomic mass is 10.0. The van der Waals surface area contributed by atoms with Crippen LogP contribution in [0.3, 0.4) is 0 Å². The molecular formula is C82H51N5S2. The maximum atomic E-state index is 5.05. The first-order chi connectivity index (χ1) is 44.1. The molecule has 19 rings (SSSR count). The van der Waals surface area contributed by atoms with Crippen molar-refractivity contribution < 1.29 is 0 Å². The van der Waals surface area contributed by atoms with Gasteiger partial charge in [-0.05, 0) is 126 Å². The van der Waals surface area contributed by atoms with E-state index in [1.807, 2.05) is 59.1 Å². The summed E-state index contributed by atoms with van der Waals surface area (Å²) in [5.74, 6) is 0.707. The molecule has 0 radical (unpaired) electrons. The molecule has 0 aliphatic rings. The average molecular weight is 1170 g/mol. The normalized spacial score (nSPS) is 11.8. The Hall–Kier alpha value is -11.2. The molecule has 5 nitrogen and oxygen atoms in total. The van der Waals surface area contributed by atoms with Gasteiger partial charge in [-0.1, -0.05) is 194 Å². The van der Waals surface area contributed by atoms with Gasteiger partial charge in [0.15, 0.2) is 5.82 Å². The summed E-state index contributed by atoms with van der Waals surface area (Å²) in [6.07, 6.45) is 0. The van der Waals surface area contributed by atoms with E-state index in [1.54, 1.807) is 0 Å². The van der Waals surface area contributed by atoms with E-state index in [-0.39, 0.29) is 0 Å². The summed E-state index contributed by atoms with van der Waals surface area (Å²) in [5, 5.41) is 12.9. The molecule has 6 aromatic heterocycles. The first kappa shape index (κ1) is 51.0. The van der Waals surface area contributed by atoms with Crippen LogP contribution in [-0.4, -0.2) is 23.7 Å². The molecule has 0 N–H and O–H groups in total. The molecule has 0 aliphatic heterocycles. The van der Waals surface area contributed by atoms with Gasteiger partial charge < -0.3 is 13.7 Å². The Morgan fingerprint density at radius 3 is 1.28 bits per heavy atom. The highest BCUT2D eigenvalue weighted by atomic mass is 32.1. The van der Waals surface area contributed by atoms with Gasteiger partial charge in [0.05, 0.1) is 44.5 Å². The van der Waals surface area contributed by atoms with Crippen molar-refractivity contribution in [2.45, 2.75) is 0 Å². The van der Waals surface area contributed by atoms with Gasteiger partial charge in [0.2, 0.25) is 0 Å². The fourth-order valence-electron chi connectivity index (χ4n) is 13.7. The van der Waals surface area contributed by atoms with Crippen molar-refractivity contribution in [2.24, 2.45) is 0 Å². The second-order valence-electron chi connectivity index (χ2n) is 22.8. The van der Waals surface area contributed by atoms with Crippen LogP contribution in [0.1, 0.15) is 0 Å². The Bertz CT molecular complexity index is 5910. The Labute approximate surface area is 520 Å². The number of para-hydroxylation sites is 4. The smallest absolute Gasteiger partial charge is 0.160 e. The molecule has 89 heavy (non-hydrogen) atoms. The lowest BCUT2D eigenvalue weighted by Gasteiger charge is -2.11. The van der Waals surface area contributed by atoms with E-state index < -0.39 is 0 Å². The third-order valence-electron chi connectivity index (χ3n) is 17.7. The number of fused-ring (bicyclic) bond motifs is 15. The van der Waals surface area contributed by atoms with Crippen LogP contribution in [-0.2, 0) is 0 Å². The quantitative estimate of drug-likeness (QED) is 0.160. The van der Waals surface area contributed by atoms with Crippen LogP contribution in [0.4, 0.5) is 0 Å². The number of hydrogen-bond acceptors (Lipinski definition) is 4. The molecule has 0 saturated carbocycles. The molecule has 6 heterocycles. The SMILES string of the molecule is c1ccc(-c2cc(-c3ccccc3)nc(-c3ccc(-n4c5ccccc5c5cc(-c6cccc7c6sc6ccccc67)ccc54)cc3)n2)cc1.c1ccc(-n2c3ccccc3c3cc(-n4c5ccccc5c5cc6c(cc54)sc4ccccc46)ccc32)cc1. The number of hydrogen-bond donors (Lipinski definition) is 0. The molecule has 13 aromatic carbocycles. The van der Waals surface area contributed by atoms with Crippen molar-refractivity contribution in [2.75, 3.05) is 0 Å². The summed E-state index contributed by atoms with van der Waals surface area (Å²) < 4.78 is 12.5. The third-order valence-corrected chi connectivity index (χ3v) is 20.1. The van der Waals surface area contributed by atoms with Gasteiger partial charge in [-0.3, -0.25) is 0 Å². The van der Waals surface area contributed by atoms with Crippen molar-refractivity contribution >= 4 is 128 Å². The van der Waals surface area contributed by atoms with Gasteiger partial charge in [-0.15, -0.1) is 22.7 Å². The largest absolute Gasteiger partial charge is 0.309 e. The van der Waals surface area contributed by atoms with E-state index in [1.165, 1.54) is 128 Å². The van der Waals surface area contributed by atoms with E-state index in [0.29, 0.717) is 5.82 Å². The van der Waals surface area contributed by atoms with Crippen molar-refractivity contribution in [3.63, 3.8) is 0 Å². The van der Waals surface area contributed by atoms with E-state index in [0.717, 1.165) is 33.8 Å². The molecule has 0 fully saturated rings. The van der Waals surface area contributed by atoms with Gasteiger partial charge in [-0.2, -0.15) is 0 Å². The van der Waals surface area contributed by atoms with Crippen molar-refractivity contribution in [1.82, 2.24) is 23.7 Å². The summed E-state index contributed by atoms with van der Waals surface area (Å²) in [4.78, 5) is 10.1. The molecule has 0 saturated heterocycles. The zero-order valence-electron chi connectivity index (χ0n) is 48.0. The number of benzene rings is 13. The fourth-order valence-corrected chi connectivity index (χ4v) is 16.0. The van der Waals surface area contributed by atoms with Crippen LogP contribution in [0, 0.1) is 0 Å². The molecule has 0 atom stereocenters. The topological polar surface area (TPSA) is 40.6 Å². The predicted molar refractivity (Wildman–Crippen MR) is 379 cm³/mol. The highest BCUT2D eigenvalue weighted by Crippen LogP contribution is 2.45. The van der Waals surface area contributed by atoms with E-state index in [9.17, 15) is 0 Å². The molecule has 0 bridgehead atoms. The molecule has 0 amide bonds. The lowest BCUT2D eigenvalue weighted by molar-refractivity contribution is 1.16. The van der Waals surface area contributed by atoms with Crippen LogP contribution < -0.4 is 0 Å². The monoisotopic (exact) mass is 1170 g/mol. The standard InChI is InChI=1S/C46H29N3S.C36H22N2S/c1-3-12-30(13-4-1)40-29-41(31-14-5-2-6-15-31)48-46(47-40)32-22-25-34(26-23-32)49-42-20-9-7-16-36(42)39-28-33(24-27-43(39)49)35-18-11-19-38-37-17-8-10-21-44(37)50-45(35)38;1-2-10-23(11-3-1)37-31-15-7-4-12-25(31)28-20-24(18-19-33(28)37)38-32-16-8-5-13-26(32)29-21-30-27-14-6-9-17-35(27)39-36(30)22-34(29)38/h1-29H;1-22H. The van der Waals surface area contributed by atoms with Gasteiger partial charge >= 0.3 is 0 Å². The number of aromatic nitrogens is 5. The first-order valence-electron chi connectivity index (χ1n) is 30.1. The molecule has 19 aromatic rings. The van der Waals surface area contributed by atoms with E-state index in [4.69, 9.17) is 9.97 Å². The highest BCUT2D eigenvalue weighted by Gasteiger charge is 2.20. The van der Waals surface area contributed by atoms with Crippen LogP contribution >= 0.6 is 22.7 Å². The van der Waals surface area contributed by atoms with Crippen LogP contribution in [0.2, 0.25) is 0 Å². The number of thiophene rings is 2. The maximum Gasteiger partial charge on any atom is 0.160 e. The zero-order valence-corrected chi connectivity index (χ0v) is 49.6. The van der Waals surface area contributed by atoms with Crippen LogP contribution in [0.15, 0.2) is 309 Å². The minimum atomic E-state index is 0.707. The third kappa shape index (κ3) is 8.42. The van der Waals surface area contributed by atoms with Gasteiger partial charge in [0, 0.05) is 106 Å². The number of rotatable bonds is 7. The minimum Gasteiger partial charge on any atom is -0.309 e. The molecule has 0 spiro atoms. The summed E-state index contributed by atoms with van der Waals surface area (Å²) >= 11 is 3.76. The molecular weight excluding hydrogens is 1120 g/mol. The Morgan fingerprint density at radius 2 is 0.663 bits per heavy atom. The number of nitrogens with zero attached hydrogens (tertiary/aromatic N) is 5. The van der Waals surface area contributed by atoms with Crippen LogP contribution in [0.5, 0.6) is 0 Å². The summed E-state index contributed by atoms with van der Waals surface area (Å²) in [6, 6.07) is 111. The van der Waals surface area contributed by atoms with Gasteiger partial charge in [0.1, 0.15) is 0 Å². The molecule has 0 unspecified atom stereocenters. The lowest BCUT2D eigenvalue weighted by Crippen LogP contribution is -1.97. The van der Waals surface area contributed by atoms with Crippen LogP contribution in [0.25, 0.3) is 168 Å². The fraction of sp³-hybridized carbons (Fsp3) is 0. The van der Waals surface area contributed by atoms with Crippen molar-refractivity contribution in [1.29, 1.82) is 0 Å². The molecule has 416 valence electrons. The predicted octanol–water partition coefficient (Wildman–Crippen LogP) is 22.9. The zero-order chi connectivity index (χ0) is 58.5.